The van der Waals surface area contributed by atoms with Crippen LogP contribution in [-0.4, -0.2) is 62.2 Å². The summed E-state index contributed by atoms with van der Waals surface area (Å²) >= 11 is 0. The van der Waals surface area contributed by atoms with Crippen LogP contribution in [0.1, 0.15) is 141 Å². The lowest BCUT2D eigenvalue weighted by molar-refractivity contribution is -0.139. The molecule has 0 aliphatic rings. The van der Waals surface area contributed by atoms with Crippen molar-refractivity contribution >= 4 is 35.8 Å². The smallest absolute Gasteiger partial charge is 0.330 e. The van der Waals surface area contributed by atoms with E-state index in [0.29, 0.717) is 50.8 Å². The Bertz CT molecular complexity index is 1540. The Labute approximate surface area is 381 Å². The zero-order valence-corrected chi connectivity index (χ0v) is 38.0. The van der Waals surface area contributed by atoms with E-state index in [-0.39, 0.29) is 35.8 Å². The van der Waals surface area contributed by atoms with Crippen LogP contribution in [0.25, 0.3) is 11.1 Å². The molecule has 12 heteroatoms. The van der Waals surface area contributed by atoms with Crippen LogP contribution < -0.4 is 9.47 Å². The zero-order chi connectivity index (χ0) is 46.9. The van der Waals surface area contributed by atoms with Crippen LogP contribution >= 0.6 is 0 Å². The molecule has 0 aliphatic carbocycles. The molecule has 12 nitrogen and oxygen atoms in total. The van der Waals surface area contributed by atoms with Crippen LogP contribution in [0.2, 0.25) is 0 Å². The fourth-order valence-corrected chi connectivity index (χ4v) is 6.14. The van der Waals surface area contributed by atoms with Gasteiger partial charge in [0.05, 0.1) is 26.4 Å². The highest BCUT2D eigenvalue weighted by Gasteiger charge is 2.08. The van der Waals surface area contributed by atoms with Gasteiger partial charge in [-0.3, -0.25) is 9.59 Å². The van der Waals surface area contributed by atoms with Crippen molar-refractivity contribution in [2.24, 2.45) is 0 Å². The van der Waals surface area contributed by atoms with Gasteiger partial charge in [-0.2, -0.15) is 0 Å². The summed E-state index contributed by atoms with van der Waals surface area (Å²) < 4.78 is 30.5. The molecule has 0 saturated carbocycles. The van der Waals surface area contributed by atoms with Gasteiger partial charge in [-0.05, 0) is 86.8 Å². The molecule has 0 aliphatic heterocycles. The molecule has 0 spiro atoms. The maximum absolute atomic E-state index is 12.3. The van der Waals surface area contributed by atoms with Crippen LogP contribution in [0, 0.1) is 0 Å². The molecule has 2 aromatic rings. The van der Waals surface area contributed by atoms with Gasteiger partial charge >= 0.3 is 35.8 Å². The van der Waals surface area contributed by atoms with E-state index in [1.165, 1.54) is 12.2 Å². The Morgan fingerprint density at radius 2 is 0.547 bits per heavy atom. The molecule has 352 valence electrons. The van der Waals surface area contributed by atoms with E-state index in [1.54, 1.807) is 24.3 Å². The van der Waals surface area contributed by atoms with Gasteiger partial charge in [-0.25, -0.2) is 19.2 Å². The molecule has 0 fully saturated rings. The van der Waals surface area contributed by atoms with Gasteiger partial charge in [-0.1, -0.05) is 128 Å². The summed E-state index contributed by atoms with van der Waals surface area (Å²) in [6.07, 6.45) is 25.4. The minimum Gasteiger partial charge on any atom is -0.463 e. The highest BCUT2D eigenvalue weighted by Crippen LogP contribution is 2.25. The lowest BCUT2D eigenvalue weighted by Gasteiger charge is -2.08. The van der Waals surface area contributed by atoms with Crippen molar-refractivity contribution < 1.29 is 57.2 Å². The molecular weight excluding hydrogens is 817 g/mol. The summed E-state index contributed by atoms with van der Waals surface area (Å²) in [5, 5.41) is 0. The fraction of sp³-hybridized carbons (Fsp3) is 0.500. The number of carbonyl (C=O) groups is 6. The van der Waals surface area contributed by atoms with Crippen molar-refractivity contribution in [1.82, 2.24) is 0 Å². The third-order valence-corrected chi connectivity index (χ3v) is 9.74. The standard InChI is InChI=1S/C40H54O8.C12H18O4/c1-3-37(41)45-31-19-15-11-7-5-9-13-17-21-39(43)47-35-27-23-33(24-28-35)34-25-29-36(30-26-34)48-40(44)22-18-14-10-6-8-12-16-20-32-46-38(42)4-2;1-3-11(13)15-9-7-5-6-8-10-16-12(14)4-2/h3-4,23-30H,1-2,5-22,31-32H2;3-4H,1-2,5-10H2. The van der Waals surface area contributed by atoms with Crippen LogP contribution in [-0.2, 0) is 47.7 Å². The van der Waals surface area contributed by atoms with Gasteiger partial charge < -0.3 is 28.4 Å². The second kappa shape index (κ2) is 38.9. The average molecular weight is 889 g/mol. The summed E-state index contributed by atoms with van der Waals surface area (Å²) in [5.74, 6) is -0.902. The van der Waals surface area contributed by atoms with E-state index in [1.807, 2.05) is 24.3 Å². The topological polar surface area (TPSA) is 158 Å². The number of esters is 6. The van der Waals surface area contributed by atoms with Gasteiger partial charge in [0.2, 0.25) is 0 Å². The van der Waals surface area contributed by atoms with Crippen LogP contribution in [0.5, 0.6) is 11.5 Å². The number of hydrogen-bond acceptors (Lipinski definition) is 12. The van der Waals surface area contributed by atoms with Crippen LogP contribution in [0.4, 0.5) is 0 Å². The number of benzene rings is 2. The van der Waals surface area contributed by atoms with E-state index in [0.717, 1.165) is 152 Å². The van der Waals surface area contributed by atoms with Crippen molar-refractivity contribution in [3.63, 3.8) is 0 Å². The summed E-state index contributed by atoms with van der Waals surface area (Å²) in [4.78, 5) is 67.8. The van der Waals surface area contributed by atoms with Gasteiger partial charge in [-0.15, -0.1) is 0 Å². The summed E-state index contributed by atoms with van der Waals surface area (Å²) in [6.45, 7) is 15.1. The van der Waals surface area contributed by atoms with Gasteiger partial charge in [0, 0.05) is 37.1 Å². The quantitative estimate of drug-likeness (QED) is 0.0210. The highest BCUT2D eigenvalue weighted by atomic mass is 16.6. The van der Waals surface area contributed by atoms with Gasteiger partial charge in [0.25, 0.3) is 0 Å². The van der Waals surface area contributed by atoms with Crippen LogP contribution in [0.15, 0.2) is 99.2 Å². The third-order valence-electron chi connectivity index (χ3n) is 9.74. The highest BCUT2D eigenvalue weighted by molar-refractivity contribution is 5.82. The lowest BCUT2D eigenvalue weighted by atomic mass is 10.1. The van der Waals surface area contributed by atoms with Crippen molar-refractivity contribution in [1.29, 1.82) is 0 Å². The van der Waals surface area contributed by atoms with E-state index in [2.05, 4.69) is 26.3 Å². The predicted octanol–water partition coefficient (Wildman–Crippen LogP) is 11.6. The minimum absolute atomic E-state index is 0.222. The molecule has 0 amide bonds. The molecule has 0 heterocycles. The van der Waals surface area contributed by atoms with E-state index >= 15 is 0 Å². The monoisotopic (exact) mass is 889 g/mol. The molecule has 0 aromatic heterocycles. The van der Waals surface area contributed by atoms with Crippen molar-refractivity contribution in [3.05, 3.63) is 99.2 Å². The largest absolute Gasteiger partial charge is 0.463 e. The number of ether oxygens (including phenoxy) is 6. The first-order valence-corrected chi connectivity index (χ1v) is 22.9. The molecule has 64 heavy (non-hydrogen) atoms. The van der Waals surface area contributed by atoms with Gasteiger partial charge in [0.15, 0.2) is 0 Å². The number of unbranched alkanes of at least 4 members (excludes halogenated alkanes) is 17. The molecule has 0 unspecified atom stereocenters. The molecule has 0 bridgehead atoms. The number of rotatable bonds is 36. The van der Waals surface area contributed by atoms with E-state index in [4.69, 9.17) is 28.4 Å². The Kier molecular flexibility index (Phi) is 34.1. The lowest BCUT2D eigenvalue weighted by Crippen LogP contribution is -2.07. The molecule has 0 N–H and O–H groups in total. The first kappa shape index (κ1) is 56.2. The van der Waals surface area contributed by atoms with E-state index in [9.17, 15) is 28.8 Å². The van der Waals surface area contributed by atoms with E-state index < -0.39 is 0 Å². The molecule has 2 rings (SSSR count). The SMILES string of the molecule is C=CC(=O)OCCCCCCCCCCC(=O)Oc1ccc(-c2ccc(OC(=O)CCCCCCCCCCOC(=O)C=C)cc2)cc1.C=CC(=O)OCCCCCCOC(=O)C=C. The predicted molar refractivity (Wildman–Crippen MR) is 249 cm³/mol. The molecule has 0 saturated heterocycles. The maximum Gasteiger partial charge on any atom is 0.330 e. The molecule has 0 atom stereocenters. The third kappa shape index (κ3) is 32.0. The maximum atomic E-state index is 12.3. The van der Waals surface area contributed by atoms with Crippen molar-refractivity contribution in [2.45, 2.75) is 141 Å². The van der Waals surface area contributed by atoms with Crippen LogP contribution in [0.3, 0.4) is 0 Å². The summed E-state index contributed by atoms with van der Waals surface area (Å²) in [7, 11) is 0. The zero-order valence-electron chi connectivity index (χ0n) is 38.0. The Balaban J connectivity index is 0.00000108. The average Bonchev–Trinajstić information content (AvgIpc) is 3.31. The van der Waals surface area contributed by atoms with Crippen molar-refractivity contribution in [3.8, 4) is 22.6 Å². The van der Waals surface area contributed by atoms with Gasteiger partial charge in [0.1, 0.15) is 11.5 Å². The Hall–Kier alpha value is -5.78. The van der Waals surface area contributed by atoms with Crippen molar-refractivity contribution in [2.75, 3.05) is 26.4 Å². The summed E-state index contributed by atoms with van der Waals surface area (Å²) in [6, 6.07) is 14.8. The second-order valence-corrected chi connectivity index (χ2v) is 15.1. The summed E-state index contributed by atoms with van der Waals surface area (Å²) in [5.41, 5.74) is 1.95. The number of hydrogen-bond donors (Lipinski definition) is 0. The number of carbonyl (C=O) groups excluding carboxylic acids is 6. The Morgan fingerprint density at radius 1 is 0.328 bits per heavy atom. The first-order valence-electron chi connectivity index (χ1n) is 22.9. The minimum atomic E-state index is -0.389. The Morgan fingerprint density at radius 3 is 0.781 bits per heavy atom. The molecular formula is C52H72O12. The normalized spacial score (nSPS) is 10.2. The second-order valence-electron chi connectivity index (χ2n) is 15.1. The molecule has 2 aromatic carbocycles. The molecule has 0 radical (unpaired) electrons. The fourth-order valence-electron chi connectivity index (χ4n) is 6.14. The first-order chi connectivity index (χ1) is 31.1.